The van der Waals surface area contributed by atoms with Gasteiger partial charge in [-0.1, -0.05) is 12.1 Å². The Morgan fingerprint density at radius 2 is 1.85 bits per heavy atom. The second-order valence-corrected chi connectivity index (χ2v) is 4.15. The third-order valence-electron chi connectivity index (χ3n) is 3.12. The van der Waals surface area contributed by atoms with Gasteiger partial charge in [-0.2, -0.15) is 0 Å². The fourth-order valence-electron chi connectivity index (χ4n) is 2.26. The predicted molar refractivity (Wildman–Crippen MR) is 72.3 cm³/mol. The Morgan fingerprint density at radius 1 is 1.20 bits per heavy atom. The summed E-state index contributed by atoms with van der Waals surface area (Å²) in [5, 5.41) is 19.2. The van der Waals surface area contributed by atoms with Gasteiger partial charge < -0.3 is 20.7 Å². The van der Waals surface area contributed by atoms with E-state index >= 15 is 0 Å². The maximum atomic E-state index is 11.4. The Labute approximate surface area is 114 Å². The first-order valence-electron chi connectivity index (χ1n) is 5.80. The molecule has 0 heterocycles. The number of nitrogens with two attached hydrogens (primary N) is 1. The Balaban J connectivity index is 3.02. The molecule has 0 aromatic heterocycles. The van der Waals surface area contributed by atoms with Gasteiger partial charge in [0.15, 0.2) is 0 Å². The van der Waals surface area contributed by atoms with Crippen molar-refractivity contribution in [2.45, 2.75) is 6.54 Å². The van der Waals surface area contributed by atoms with Crippen LogP contribution >= 0.6 is 0 Å². The first kappa shape index (κ1) is 13.8. The zero-order chi connectivity index (χ0) is 14.9. The van der Waals surface area contributed by atoms with E-state index < -0.39 is 11.9 Å². The molecule has 2 rings (SSSR count). The largest absolute Gasteiger partial charge is 0.496 e. The fraction of sp³-hybridized carbons (Fsp3) is 0.143. The van der Waals surface area contributed by atoms with E-state index in [0.29, 0.717) is 16.7 Å². The number of fused-ring (bicyclic) bond motifs is 1. The molecule has 0 aliphatic rings. The summed E-state index contributed by atoms with van der Waals surface area (Å²) in [6.07, 6.45) is 0. The first-order valence-corrected chi connectivity index (χ1v) is 5.80. The molecule has 0 saturated carbocycles. The van der Waals surface area contributed by atoms with Crippen molar-refractivity contribution in [2.75, 3.05) is 7.11 Å². The van der Waals surface area contributed by atoms with E-state index in [9.17, 15) is 19.8 Å². The minimum Gasteiger partial charge on any atom is -0.496 e. The van der Waals surface area contributed by atoms with Gasteiger partial charge in [-0.15, -0.1) is 0 Å². The SMILES string of the molecule is COc1cc(C(=O)O)c2c(C(=O)O)cccc2c1CN. The van der Waals surface area contributed by atoms with E-state index in [1.54, 1.807) is 12.1 Å². The number of hydrogen-bond acceptors (Lipinski definition) is 4. The van der Waals surface area contributed by atoms with E-state index in [-0.39, 0.29) is 23.1 Å². The minimum absolute atomic E-state index is 0.0720. The van der Waals surface area contributed by atoms with Crippen LogP contribution in [0.15, 0.2) is 24.3 Å². The van der Waals surface area contributed by atoms with Crippen LogP contribution in [0.2, 0.25) is 0 Å². The molecule has 0 spiro atoms. The molecule has 104 valence electrons. The lowest BCUT2D eigenvalue weighted by molar-refractivity contribution is 0.0695. The van der Waals surface area contributed by atoms with Gasteiger partial charge in [0.2, 0.25) is 0 Å². The third kappa shape index (κ3) is 2.06. The molecule has 0 bridgehead atoms. The number of carboxylic acid groups (broad SMARTS) is 2. The van der Waals surface area contributed by atoms with Crippen LogP contribution in [0.1, 0.15) is 26.3 Å². The van der Waals surface area contributed by atoms with E-state index in [4.69, 9.17) is 10.5 Å². The molecule has 0 aliphatic heterocycles. The summed E-state index contributed by atoms with van der Waals surface area (Å²) in [5.41, 5.74) is 6.06. The quantitative estimate of drug-likeness (QED) is 0.783. The molecule has 2 aromatic carbocycles. The van der Waals surface area contributed by atoms with Crippen molar-refractivity contribution in [1.82, 2.24) is 0 Å². The zero-order valence-corrected chi connectivity index (χ0v) is 10.7. The standard InChI is InChI=1S/C14H13NO5/c1-20-11-5-9(14(18)19)12-7(10(11)6-15)3-2-4-8(12)13(16)17/h2-5H,6,15H2,1H3,(H,16,17)(H,18,19). The predicted octanol–water partition coefficient (Wildman–Crippen LogP) is 1.70. The lowest BCUT2D eigenvalue weighted by atomic mass is 9.94. The Hall–Kier alpha value is -2.60. The zero-order valence-electron chi connectivity index (χ0n) is 10.7. The molecule has 0 amide bonds. The number of carboxylic acids is 2. The van der Waals surface area contributed by atoms with E-state index in [1.165, 1.54) is 19.2 Å². The van der Waals surface area contributed by atoms with Crippen molar-refractivity contribution >= 4 is 22.7 Å². The van der Waals surface area contributed by atoms with Crippen LogP contribution in [-0.2, 0) is 6.54 Å². The van der Waals surface area contributed by atoms with Crippen LogP contribution < -0.4 is 10.5 Å². The second-order valence-electron chi connectivity index (χ2n) is 4.15. The Kier molecular flexibility index (Phi) is 3.58. The molecule has 0 saturated heterocycles. The number of carbonyl (C=O) groups is 2. The number of aromatic carboxylic acids is 2. The summed E-state index contributed by atoms with van der Waals surface area (Å²) in [6.45, 7) is 0.114. The van der Waals surface area contributed by atoms with Gasteiger partial charge in [0.25, 0.3) is 0 Å². The first-order chi connectivity index (χ1) is 9.51. The smallest absolute Gasteiger partial charge is 0.336 e. The van der Waals surface area contributed by atoms with Crippen LogP contribution in [0.3, 0.4) is 0 Å². The maximum absolute atomic E-state index is 11.4. The molecule has 6 nitrogen and oxygen atoms in total. The third-order valence-corrected chi connectivity index (χ3v) is 3.12. The number of rotatable bonds is 4. The summed E-state index contributed by atoms with van der Waals surface area (Å²) >= 11 is 0. The summed E-state index contributed by atoms with van der Waals surface area (Å²) in [5.74, 6) is -2.07. The summed E-state index contributed by atoms with van der Waals surface area (Å²) < 4.78 is 5.14. The second kappa shape index (κ2) is 5.18. The van der Waals surface area contributed by atoms with Crippen LogP contribution in [0.5, 0.6) is 5.75 Å². The van der Waals surface area contributed by atoms with Crippen molar-refractivity contribution in [2.24, 2.45) is 5.73 Å². The molecule has 0 atom stereocenters. The van der Waals surface area contributed by atoms with Crippen LogP contribution in [0, 0.1) is 0 Å². The topological polar surface area (TPSA) is 110 Å². The minimum atomic E-state index is -1.22. The Bertz CT molecular complexity index is 708. The van der Waals surface area contributed by atoms with Gasteiger partial charge in [-0.3, -0.25) is 0 Å². The van der Waals surface area contributed by atoms with Crippen LogP contribution in [0.25, 0.3) is 10.8 Å². The van der Waals surface area contributed by atoms with E-state index in [0.717, 1.165) is 0 Å². The molecule has 0 unspecified atom stereocenters. The molecular weight excluding hydrogens is 262 g/mol. The molecule has 0 radical (unpaired) electrons. The number of ether oxygens (including phenoxy) is 1. The van der Waals surface area contributed by atoms with E-state index in [2.05, 4.69) is 0 Å². The number of methoxy groups -OCH3 is 1. The highest BCUT2D eigenvalue weighted by Crippen LogP contribution is 2.33. The van der Waals surface area contributed by atoms with Crippen LogP contribution in [0.4, 0.5) is 0 Å². The average Bonchev–Trinajstić information content (AvgIpc) is 2.44. The van der Waals surface area contributed by atoms with Gasteiger partial charge >= 0.3 is 11.9 Å². The van der Waals surface area contributed by atoms with Gasteiger partial charge in [-0.05, 0) is 17.5 Å². The molecular formula is C14H13NO5. The van der Waals surface area contributed by atoms with Gasteiger partial charge in [0, 0.05) is 17.5 Å². The molecule has 0 aliphatic carbocycles. The normalized spacial score (nSPS) is 10.5. The maximum Gasteiger partial charge on any atom is 0.336 e. The monoisotopic (exact) mass is 275 g/mol. The molecule has 0 fully saturated rings. The van der Waals surface area contributed by atoms with Crippen molar-refractivity contribution in [3.05, 3.63) is 41.0 Å². The summed E-state index contributed by atoms with van der Waals surface area (Å²) in [7, 11) is 1.41. The van der Waals surface area contributed by atoms with Gasteiger partial charge in [-0.25, -0.2) is 9.59 Å². The lowest BCUT2D eigenvalue weighted by Crippen LogP contribution is -2.08. The van der Waals surface area contributed by atoms with Crippen molar-refractivity contribution in [1.29, 1.82) is 0 Å². The van der Waals surface area contributed by atoms with E-state index in [1.807, 2.05) is 0 Å². The van der Waals surface area contributed by atoms with Crippen molar-refractivity contribution in [3.63, 3.8) is 0 Å². The van der Waals surface area contributed by atoms with Gasteiger partial charge in [0.1, 0.15) is 5.75 Å². The highest BCUT2D eigenvalue weighted by Gasteiger charge is 2.20. The van der Waals surface area contributed by atoms with Crippen molar-refractivity contribution < 1.29 is 24.5 Å². The highest BCUT2D eigenvalue weighted by atomic mass is 16.5. The Morgan fingerprint density at radius 3 is 2.35 bits per heavy atom. The fourth-order valence-corrected chi connectivity index (χ4v) is 2.26. The van der Waals surface area contributed by atoms with Crippen molar-refractivity contribution in [3.8, 4) is 5.75 Å². The average molecular weight is 275 g/mol. The van der Waals surface area contributed by atoms with Gasteiger partial charge in [0.05, 0.1) is 18.2 Å². The van der Waals surface area contributed by atoms with Crippen LogP contribution in [-0.4, -0.2) is 29.3 Å². The summed E-state index contributed by atoms with van der Waals surface area (Å²) in [4.78, 5) is 22.7. The number of benzene rings is 2. The number of hydrogen-bond donors (Lipinski definition) is 3. The molecule has 6 heteroatoms. The highest BCUT2D eigenvalue weighted by molar-refractivity contribution is 6.14. The lowest BCUT2D eigenvalue weighted by Gasteiger charge is -2.14. The molecule has 20 heavy (non-hydrogen) atoms. The summed E-state index contributed by atoms with van der Waals surface area (Å²) in [6, 6.07) is 5.86. The molecule has 4 N–H and O–H groups in total. The molecule has 2 aromatic rings.